The van der Waals surface area contributed by atoms with E-state index >= 15 is 0 Å². The molecule has 0 amide bonds. The van der Waals surface area contributed by atoms with Crippen LogP contribution in [-0.2, 0) is 6.54 Å². The van der Waals surface area contributed by atoms with Crippen LogP contribution in [0.25, 0.3) is 11.1 Å². The normalized spacial score (nSPS) is 10.7. The molecular weight excluding hydrogens is 254 g/mol. The zero-order chi connectivity index (χ0) is 13.8. The summed E-state index contributed by atoms with van der Waals surface area (Å²) in [5.74, 6) is 0. The molecule has 0 heterocycles. The van der Waals surface area contributed by atoms with E-state index in [1.165, 1.54) is 22.3 Å². The molecule has 0 aliphatic heterocycles. The van der Waals surface area contributed by atoms with E-state index in [9.17, 15) is 0 Å². The largest absolute Gasteiger partial charge is 0.313 e. The smallest absolute Gasteiger partial charge is 0.0451 e. The molecular formula is C17H20ClN. The minimum absolute atomic E-state index is 0.814. The van der Waals surface area contributed by atoms with E-state index < -0.39 is 0 Å². The Morgan fingerprint density at radius 1 is 0.947 bits per heavy atom. The quantitative estimate of drug-likeness (QED) is 0.849. The molecule has 2 heteroatoms. The van der Waals surface area contributed by atoms with Crippen LogP contribution in [0.3, 0.4) is 0 Å². The highest BCUT2D eigenvalue weighted by molar-refractivity contribution is 6.31. The van der Waals surface area contributed by atoms with E-state index in [1.807, 2.05) is 6.07 Å². The molecule has 0 saturated heterocycles. The Labute approximate surface area is 120 Å². The Morgan fingerprint density at radius 2 is 1.63 bits per heavy atom. The molecule has 0 radical (unpaired) electrons. The van der Waals surface area contributed by atoms with Crippen LogP contribution in [0.1, 0.15) is 23.6 Å². The number of halogens is 1. The third-order valence-corrected chi connectivity index (χ3v) is 3.82. The number of benzene rings is 2. The fraction of sp³-hybridized carbons (Fsp3) is 0.294. The van der Waals surface area contributed by atoms with Crippen molar-refractivity contribution in [2.24, 2.45) is 0 Å². The number of hydrogen-bond acceptors (Lipinski definition) is 1. The highest BCUT2D eigenvalue weighted by Crippen LogP contribution is 2.26. The first-order chi connectivity index (χ1) is 9.11. The molecule has 0 fully saturated rings. The van der Waals surface area contributed by atoms with Crippen molar-refractivity contribution in [1.82, 2.24) is 5.32 Å². The van der Waals surface area contributed by atoms with Crippen LogP contribution in [0.4, 0.5) is 0 Å². The third-order valence-electron chi connectivity index (χ3n) is 3.45. The average molecular weight is 274 g/mol. The Bertz CT molecular complexity index is 575. The van der Waals surface area contributed by atoms with Gasteiger partial charge in [0.2, 0.25) is 0 Å². The summed E-state index contributed by atoms with van der Waals surface area (Å²) >= 11 is 6.24. The zero-order valence-electron chi connectivity index (χ0n) is 11.8. The molecule has 2 rings (SSSR count). The molecule has 0 unspecified atom stereocenters. The molecule has 1 nitrogen and oxygen atoms in total. The van der Waals surface area contributed by atoms with Gasteiger partial charge in [0.15, 0.2) is 0 Å². The molecule has 0 aromatic heterocycles. The average Bonchev–Trinajstić information content (AvgIpc) is 2.41. The number of aryl methyl sites for hydroxylation is 2. The standard InChI is InChI=1S/C17H20ClN/c1-4-19-11-16-10-15(7-8-17(16)18)14-6-5-12(2)13(3)9-14/h5-10,19H,4,11H2,1-3H3. The van der Waals surface area contributed by atoms with Crippen LogP contribution in [0.15, 0.2) is 36.4 Å². The lowest BCUT2D eigenvalue weighted by molar-refractivity contribution is 0.727. The van der Waals surface area contributed by atoms with Crippen LogP contribution in [0.2, 0.25) is 5.02 Å². The van der Waals surface area contributed by atoms with Crippen LogP contribution in [0, 0.1) is 13.8 Å². The summed E-state index contributed by atoms with van der Waals surface area (Å²) in [5, 5.41) is 4.15. The first-order valence-corrected chi connectivity index (χ1v) is 7.06. The predicted octanol–water partition coefficient (Wildman–Crippen LogP) is 4.73. The molecule has 2 aromatic rings. The maximum Gasteiger partial charge on any atom is 0.0451 e. The molecule has 0 aliphatic rings. The Morgan fingerprint density at radius 3 is 2.32 bits per heavy atom. The van der Waals surface area contributed by atoms with Crippen molar-refractivity contribution in [3.05, 3.63) is 58.1 Å². The summed E-state index contributed by atoms with van der Waals surface area (Å²) in [4.78, 5) is 0. The molecule has 1 N–H and O–H groups in total. The van der Waals surface area contributed by atoms with Gasteiger partial charge in [-0.25, -0.2) is 0 Å². The van der Waals surface area contributed by atoms with E-state index in [2.05, 4.69) is 56.4 Å². The molecule has 19 heavy (non-hydrogen) atoms. The lowest BCUT2D eigenvalue weighted by Crippen LogP contribution is -2.12. The summed E-state index contributed by atoms with van der Waals surface area (Å²) in [6.07, 6.45) is 0. The van der Waals surface area contributed by atoms with Gasteiger partial charge in [0.05, 0.1) is 0 Å². The van der Waals surface area contributed by atoms with Crippen LogP contribution in [0.5, 0.6) is 0 Å². The minimum atomic E-state index is 0.814. The van der Waals surface area contributed by atoms with Gasteiger partial charge in [-0.15, -0.1) is 0 Å². The maximum atomic E-state index is 6.24. The van der Waals surface area contributed by atoms with Crippen molar-refractivity contribution in [3.8, 4) is 11.1 Å². The maximum absolute atomic E-state index is 6.24. The van der Waals surface area contributed by atoms with Gasteiger partial charge in [-0.2, -0.15) is 0 Å². The van der Waals surface area contributed by atoms with Gasteiger partial charge in [-0.05, 0) is 60.3 Å². The molecule has 0 atom stereocenters. The molecule has 100 valence electrons. The second kappa shape index (κ2) is 6.23. The highest BCUT2D eigenvalue weighted by atomic mass is 35.5. The predicted molar refractivity (Wildman–Crippen MR) is 83.7 cm³/mol. The van der Waals surface area contributed by atoms with Crippen molar-refractivity contribution in [1.29, 1.82) is 0 Å². The Balaban J connectivity index is 2.36. The molecule has 0 spiro atoms. The van der Waals surface area contributed by atoms with Crippen molar-refractivity contribution >= 4 is 11.6 Å². The number of rotatable bonds is 4. The van der Waals surface area contributed by atoms with Gasteiger partial charge in [0.1, 0.15) is 0 Å². The Kier molecular flexibility index (Phi) is 4.62. The van der Waals surface area contributed by atoms with Gasteiger partial charge in [-0.3, -0.25) is 0 Å². The van der Waals surface area contributed by atoms with Crippen LogP contribution in [-0.4, -0.2) is 6.54 Å². The Hall–Kier alpha value is -1.31. The fourth-order valence-electron chi connectivity index (χ4n) is 2.07. The van der Waals surface area contributed by atoms with E-state index in [0.717, 1.165) is 23.7 Å². The summed E-state index contributed by atoms with van der Waals surface area (Å²) < 4.78 is 0. The molecule has 0 bridgehead atoms. The van der Waals surface area contributed by atoms with E-state index in [1.54, 1.807) is 0 Å². The van der Waals surface area contributed by atoms with E-state index in [0.29, 0.717) is 0 Å². The second-order valence-electron chi connectivity index (χ2n) is 4.89. The lowest BCUT2D eigenvalue weighted by Gasteiger charge is -2.10. The van der Waals surface area contributed by atoms with Gasteiger partial charge >= 0.3 is 0 Å². The van der Waals surface area contributed by atoms with Crippen LogP contribution >= 0.6 is 11.6 Å². The molecule has 0 aliphatic carbocycles. The lowest BCUT2D eigenvalue weighted by atomic mass is 9.99. The first kappa shape index (κ1) is 14.1. The van der Waals surface area contributed by atoms with Crippen molar-refractivity contribution in [2.45, 2.75) is 27.3 Å². The number of hydrogen-bond donors (Lipinski definition) is 1. The van der Waals surface area contributed by atoms with E-state index in [4.69, 9.17) is 11.6 Å². The summed E-state index contributed by atoms with van der Waals surface area (Å²) in [7, 11) is 0. The molecule has 0 saturated carbocycles. The second-order valence-corrected chi connectivity index (χ2v) is 5.29. The number of nitrogens with one attached hydrogen (secondary N) is 1. The van der Waals surface area contributed by atoms with Gasteiger partial charge in [-0.1, -0.05) is 42.8 Å². The SMILES string of the molecule is CCNCc1cc(-c2ccc(C)c(C)c2)ccc1Cl. The van der Waals surface area contributed by atoms with Crippen molar-refractivity contribution in [2.75, 3.05) is 6.54 Å². The van der Waals surface area contributed by atoms with Gasteiger partial charge in [0, 0.05) is 11.6 Å². The first-order valence-electron chi connectivity index (χ1n) is 6.68. The van der Waals surface area contributed by atoms with Gasteiger partial charge < -0.3 is 5.32 Å². The topological polar surface area (TPSA) is 12.0 Å². The summed E-state index contributed by atoms with van der Waals surface area (Å²) in [6.45, 7) is 8.14. The highest BCUT2D eigenvalue weighted by Gasteiger charge is 2.04. The van der Waals surface area contributed by atoms with Crippen molar-refractivity contribution in [3.63, 3.8) is 0 Å². The minimum Gasteiger partial charge on any atom is -0.313 e. The molecule has 2 aromatic carbocycles. The fourth-order valence-corrected chi connectivity index (χ4v) is 2.25. The summed E-state index contributed by atoms with van der Waals surface area (Å²) in [5.41, 5.74) is 6.27. The van der Waals surface area contributed by atoms with Crippen LogP contribution < -0.4 is 5.32 Å². The van der Waals surface area contributed by atoms with Gasteiger partial charge in [0.25, 0.3) is 0 Å². The monoisotopic (exact) mass is 273 g/mol. The van der Waals surface area contributed by atoms with Crippen molar-refractivity contribution < 1.29 is 0 Å². The third kappa shape index (κ3) is 3.37. The zero-order valence-corrected chi connectivity index (χ0v) is 12.5. The summed E-state index contributed by atoms with van der Waals surface area (Å²) in [6, 6.07) is 12.8. The van der Waals surface area contributed by atoms with E-state index in [-0.39, 0.29) is 0 Å².